The van der Waals surface area contributed by atoms with Gasteiger partial charge in [0.05, 0.1) is 44.3 Å². The lowest BCUT2D eigenvalue weighted by Crippen LogP contribution is -2.14. The Hall–Kier alpha value is -17.0. The molecule has 0 fully saturated rings. The van der Waals surface area contributed by atoms with E-state index in [2.05, 4.69) is 343 Å². The molecule has 0 bridgehead atoms. The van der Waals surface area contributed by atoms with Crippen LogP contribution in [0.2, 0.25) is 0 Å². The number of fused-ring (bicyclic) bond motifs is 26. The van der Waals surface area contributed by atoms with Crippen molar-refractivity contribution in [2.45, 2.75) is 19.3 Å². The van der Waals surface area contributed by atoms with E-state index in [1.54, 1.807) is 12.4 Å². The van der Waals surface area contributed by atoms with E-state index < -0.39 is 0 Å². The summed E-state index contributed by atoms with van der Waals surface area (Å²) in [4.78, 5) is 35.1. The van der Waals surface area contributed by atoms with E-state index in [4.69, 9.17) is 49.5 Å². The third kappa shape index (κ3) is 11.2. The van der Waals surface area contributed by atoms with Crippen LogP contribution in [-0.2, 0) is 5.41 Å². The third-order valence-electron chi connectivity index (χ3n) is 26.1. The Kier molecular flexibility index (Phi) is 15.8. The lowest BCUT2D eigenvalue weighted by Gasteiger charge is -2.21. The molecule has 0 amide bonds. The van der Waals surface area contributed by atoms with Crippen LogP contribution in [-0.4, -0.2) is 58.8 Å². The summed E-state index contributed by atoms with van der Waals surface area (Å²) < 4.78 is 12.9. The molecular weight excluding hydrogens is 1550 g/mol. The van der Waals surface area contributed by atoms with Gasteiger partial charge in [0.1, 0.15) is 33.7 Å². The second kappa shape index (κ2) is 28.0. The van der Waals surface area contributed by atoms with Gasteiger partial charge in [0, 0.05) is 94.6 Å². The van der Waals surface area contributed by atoms with Gasteiger partial charge in [-0.15, -0.1) is 10.2 Å². The Balaban J connectivity index is 0.000000102. The molecule has 9 heterocycles. The molecule has 9 aromatic heterocycles. The molecule has 1 aliphatic carbocycles. The Labute approximate surface area is 725 Å². The first-order valence-electron chi connectivity index (χ1n) is 42.9. The van der Waals surface area contributed by atoms with Crippen LogP contribution in [0.25, 0.3) is 248 Å². The highest BCUT2D eigenvalue weighted by atomic mass is 16.3. The molecule has 127 heavy (non-hydrogen) atoms. The van der Waals surface area contributed by atoms with Crippen molar-refractivity contribution in [3.8, 4) is 62.6 Å². The summed E-state index contributed by atoms with van der Waals surface area (Å²) in [6.07, 6.45) is 5.25. The summed E-state index contributed by atoms with van der Waals surface area (Å²) in [7, 11) is 0. The van der Waals surface area contributed by atoms with Gasteiger partial charge in [-0.3, -0.25) is 18.7 Å². The fourth-order valence-electron chi connectivity index (χ4n) is 20.2. The molecule has 13 heteroatoms. The number of aromatic nitrogens is 12. The molecule has 1 aliphatic rings. The molecule has 0 radical (unpaired) electrons. The average Bonchev–Trinajstić information content (AvgIpc) is 1.56. The summed E-state index contributed by atoms with van der Waals surface area (Å²) in [6.45, 7) is 4.63. The maximum absolute atomic E-state index is 6.19. The van der Waals surface area contributed by atoms with E-state index in [0.717, 1.165) is 127 Å². The van der Waals surface area contributed by atoms with Crippen LogP contribution in [0.1, 0.15) is 25.0 Å². The Morgan fingerprint density at radius 2 is 0.740 bits per heavy atom. The van der Waals surface area contributed by atoms with Crippen molar-refractivity contribution in [3.05, 3.63) is 400 Å². The molecule has 0 unspecified atom stereocenters. The third-order valence-corrected chi connectivity index (χ3v) is 26.1. The SMILES string of the molecule is CC1(C)c2ccccc2-c2cc(-c3nc(-n4c5cc6ccccc6cc5c5c6ccccc6ccc54)nc4ncccc34)ccc21.c1ccc(-c2nc(-n3c4cc5ccccc5cc4c4c5ccccc5ccc43)c3ccccc3n2)cc1.c1ccc2cc3c(cc2c1)c1cc2ccccc2cc1n3-c1nnc(-c2ccc3c(c2)oc2ccccc23)c2nccnc12. The topological polar surface area (TPSA) is 144 Å². The van der Waals surface area contributed by atoms with Crippen LogP contribution in [0.5, 0.6) is 0 Å². The summed E-state index contributed by atoms with van der Waals surface area (Å²) in [5.41, 5.74) is 20.9. The maximum Gasteiger partial charge on any atom is 0.237 e. The van der Waals surface area contributed by atoms with Crippen LogP contribution < -0.4 is 0 Å². The Bertz CT molecular complexity index is 9270. The van der Waals surface area contributed by atoms with Crippen LogP contribution in [0.3, 0.4) is 0 Å². The number of para-hydroxylation sites is 2. The number of rotatable bonds is 6. The van der Waals surface area contributed by atoms with Gasteiger partial charge in [-0.25, -0.2) is 24.9 Å². The van der Waals surface area contributed by atoms with Crippen molar-refractivity contribution in [1.29, 1.82) is 0 Å². The minimum absolute atomic E-state index is 0.0561. The number of furan rings is 1. The van der Waals surface area contributed by atoms with E-state index in [1.807, 2.05) is 60.8 Å². The Morgan fingerprint density at radius 3 is 1.39 bits per heavy atom. The second-order valence-corrected chi connectivity index (χ2v) is 33.6. The van der Waals surface area contributed by atoms with Crippen LogP contribution in [0.15, 0.2) is 393 Å². The molecule has 592 valence electrons. The van der Waals surface area contributed by atoms with Gasteiger partial charge in [0.2, 0.25) is 5.95 Å². The minimum atomic E-state index is -0.0561. The molecule has 13 nitrogen and oxygen atoms in total. The molecule has 18 aromatic carbocycles. The van der Waals surface area contributed by atoms with Gasteiger partial charge in [0.25, 0.3) is 0 Å². The smallest absolute Gasteiger partial charge is 0.237 e. The standard InChI is InChI=1S/C42H28N4.C38H21N5O.C34H21N3/c1-42(2)34-16-8-7-14-30(34)32-23-28(17-19-35(32)42)39-31-15-9-21-43-40(31)45-41(44-39)46-36-20-18-25-10-5-6-13-29(25)38(36)33-22-26-11-3-4-12-27(26)24-37(33)46;1-3-9-24-19-31-29(17-22(24)7-1)30-18-23-8-2-4-10-25(23)20-32(30)43(31)38-37-36(39-15-16-40-37)35(41-42-38)26-13-14-28-27-11-5-6-12-33(27)44-34(28)21-26;1-2-11-23(12-3-1)33-35-29-17-9-8-16-27(29)34(36-33)37-30-19-18-22-10-6-7-15-26(22)32(30)28-20-24-13-4-5-14-25(24)21-31(28)37/h3-24H,1-2H3;1-21H;1-21H. The fourth-order valence-corrected chi connectivity index (χ4v) is 20.2. The van der Waals surface area contributed by atoms with Crippen molar-refractivity contribution < 1.29 is 4.42 Å². The summed E-state index contributed by atoms with van der Waals surface area (Å²) in [5, 5.41) is 35.5. The van der Waals surface area contributed by atoms with Gasteiger partial charge < -0.3 is 4.42 Å². The van der Waals surface area contributed by atoms with Gasteiger partial charge in [-0.1, -0.05) is 275 Å². The zero-order chi connectivity index (χ0) is 83.7. The highest BCUT2D eigenvalue weighted by Crippen LogP contribution is 2.51. The Morgan fingerprint density at radius 1 is 0.260 bits per heavy atom. The number of hydrogen-bond acceptors (Lipinski definition) is 10. The van der Waals surface area contributed by atoms with Crippen molar-refractivity contribution in [2.24, 2.45) is 0 Å². The maximum atomic E-state index is 6.19. The first-order valence-corrected chi connectivity index (χ1v) is 42.9. The van der Waals surface area contributed by atoms with Crippen molar-refractivity contribution in [2.75, 3.05) is 0 Å². The zero-order valence-corrected chi connectivity index (χ0v) is 68.7. The normalized spacial score (nSPS) is 12.6. The first-order chi connectivity index (χ1) is 62.7. The number of hydrogen-bond donors (Lipinski definition) is 0. The summed E-state index contributed by atoms with van der Waals surface area (Å²) >= 11 is 0. The van der Waals surface area contributed by atoms with Gasteiger partial charge in [-0.2, -0.15) is 4.98 Å². The minimum Gasteiger partial charge on any atom is -0.456 e. The van der Waals surface area contributed by atoms with Crippen molar-refractivity contribution in [1.82, 2.24) is 58.8 Å². The molecule has 0 saturated carbocycles. The van der Waals surface area contributed by atoms with E-state index >= 15 is 0 Å². The van der Waals surface area contributed by atoms with Gasteiger partial charge >= 0.3 is 0 Å². The van der Waals surface area contributed by atoms with E-state index in [0.29, 0.717) is 34.1 Å². The first kappa shape index (κ1) is 71.7. The van der Waals surface area contributed by atoms with Crippen LogP contribution >= 0.6 is 0 Å². The highest BCUT2D eigenvalue weighted by molar-refractivity contribution is 6.26. The molecule has 27 aromatic rings. The summed E-state index contributed by atoms with van der Waals surface area (Å²) in [5.74, 6) is 2.89. The zero-order valence-electron chi connectivity index (χ0n) is 68.7. The lowest BCUT2D eigenvalue weighted by molar-refractivity contribution is 0.660. The van der Waals surface area contributed by atoms with Gasteiger partial charge in [0.15, 0.2) is 17.3 Å². The molecule has 28 rings (SSSR count). The quantitative estimate of drug-likeness (QED) is 0.158. The number of nitrogens with zero attached hydrogens (tertiary/aromatic N) is 12. The van der Waals surface area contributed by atoms with E-state index in [-0.39, 0.29) is 5.41 Å². The molecule has 0 atom stereocenters. The number of pyridine rings is 1. The molecule has 0 aliphatic heterocycles. The van der Waals surface area contributed by atoms with E-state index in [1.165, 1.54) is 97.7 Å². The van der Waals surface area contributed by atoms with Crippen molar-refractivity contribution >= 4 is 185 Å². The fraction of sp³-hybridized carbons (Fsp3) is 0.0263. The van der Waals surface area contributed by atoms with E-state index in [9.17, 15) is 0 Å². The number of benzene rings is 18. The summed E-state index contributed by atoms with van der Waals surface area (Å²) in [6, 6.07) is 131. The molecule has 0 N–H and O–H groups in total. The predicted molar refractivity (Wildman–Crippen MR) is 521 cm³/mol. The monoisotopic (exact) mass is 1620 g/mol. The lowest BCUT2D eigenvalue weighted by atomic mass is 9.82. The largest absolute Gasteiger partial charge is 0.456 e. The molecule has 0 spiro atoms. The highest BCUT2D eigenvalue weighted by Gasteiger charge is 2.36. The van der Waals surface area contributed by atoms with Crippen molar-refractivity contribution in [3.63, 3.8) is 0 Å². The second-order valence-electron chi connectivity index (χ2n) is 33.6. The van der Waals surface area contributed by atoms with Crippen LogP contribution in [0.4, 0.5) is 0 Å². The molecule has 0 saturated heterocycles. The van der Waals surface area contributed by atoms with Crippen LogP contribution in [0, 0.1) is 0 Å². The molecular formula is C114H70N12O. The predicted octanol–water partition coefficient (Wildman–Crippen LogP) is 28.5. The van der Waals surface area contributed by atoms with Gasteiger partial charge in [-0.05, 0) is 196 Å². The average molecular weight is 1620 g/mol.